The number of H-pyrrole nitrogens is 2. The van der Waals surface area contributed by atoms with Gasteiger partial charge in [0.05, 0.1) is 12.5 Å². The molecule has 0 aliphatic carbocycles. The SMILES string of the molecule is CC(=O)N1C[C@H]2CN(C(=O)Cc3c[nH]c(=O)[nH]c3=O)C[C@H]2[C@H]1c1cccc(F)c1. The molecule has 0 bridgehead atoms. The second-order valence-corrected chi connectivity index (χ2v) is 7.67. The third kappa shape index (κ3) is 3.59. The van der Waals surface area contributed by atoms with E-state index in [0.717, 1.165) is 5.56 Å². The van der Waals surface area contributed by atoms with E-state index in [1.165, 1.54) is 25.3 Å². The van der Waals surface area contributed by atoms with Crippen molar-refractivity contribution in [3.05, 3.63) is 68.2 Å². The number of hydrogen-bond acceptors (Lipinski definition) is 4. The largest absolute Gasteiger partial charge is 0.342 e. The summed E-state index contributed by atoms with van der Waals surface area (Å²) in [6, 6.07) is 5.93. The molecule has 2 saturated heterocycles. The smallest absolute Gasteiger partial charge is 0.325 e. The predicted octanol–water partition coefficient (Wildman–Crippen LogP) is 0.423. The zero-order valence-corrected chi connectivity index (χ0v) is 15.9. The molecule has 2 aliphatic rings. The Balaban J connectivity index is 1.54. The third-order valence-electron chi connectivity index (χ3n) is 5.85. The number of benzene rings is 1. The molecule has 2 fully saturated rings. The number of rotatable bonds is 3. The zero-order chi connectivity index (χ0) is 20.7. The second kappa shape index (κ2) is 7.31. The van der Waals surface area contributed by atoms with Crippen LogP contribution < -0.4 is 11.2 Å². The molecule has 2 amide bonds. The maximum absolute atomic E-state index is 13.8. The molecule has 4 rings (SSSR count). The standard InChI is InChI=1S/C20H21FN4O4/c1-11(26)25-9-14-8-24(17(27)6-13-7-22-20(29)23-19(13)28)10-16(14)18(25)12-3-2-4-15(21)5-12/h2-5,7,14,16,18H,6,8-10H2,1H3,(H2,22,23,28,29)/t14-,16-,18-/m1/s1. The number of hydrogen-bond donors (Lipinski definition) is 2. The molecule has 9 heteroatoms. The zero-order valence-electron chi connectivity index (χ0n) is 15.9. The Labute approximate surface area is 165 Å². The minimum atomic E-state index is -0.621. The van der Waals surface area contributed by atoms with Crippen LogP contribution in [-0.2, 0) is 16.0 Å². The van der Waals surface area contributed by atoms with Crippen LogP contribution in [0.5, 0.6) is 0 Å². The molecule has 1 aromatic heterocycles. The lowest BCUT2D eigenvalue weighted by molar-refractivity contribution is -0.131. The highest BCUT2D eigenvalue weighted by molar-refractivity contribution is 5.79. The van der Waals surface area contributed by atoms with Gasteiger partial charge < -0.3 is 14.8 Å². The van der Waals surface area contributed by atoms with Gasteiger partial charge in [0.15, 0.2) is 0 Å². The van der Waals surface area contributed by atoms with E-state index < -0.39 is 11.2 Å². The van der Waals surface area contributed by atoms with Crippen molar-refractivity contribution in [1.29, 1.82) is 0 Å². The maximum atomic E-state index is 13.8. The van der Waals surface area contributed by atoms with Gasteiger partial charge in [-0.3, -0.25) is 19.4 Å². The van der Waals surface area contributed by atoms with Gasteiger partial charge in [0, 0.05) is 50.2 Å². The Hall–Kier alpha value is -3.23. The van der Waals surface area contributed by atoms with Crippen LogP contribution >= 0.6 is 0 Å². The Morgan fingerprint density at radius 1 is 1.21 bits per heavy atom. The number of nitrogens with one attached hydrogen (secondary N) is 2. The van der Waals surface area contributed by atoms with Gasteiger partial charge in [0.2, 0.25) is 11.8 Å². The highest BCUT2D eigenvalue weighted by Crippen LogP contribution is 2.45. The van der Waals surface area contributed by atoms with E-state index >= 15 is 0 Å². The van der Waals surface area contributed by atoms with Crippen LogP contribution in [0.15, 0.2) is 40.1 Å². The van der Waals surface area contributed by atoms with Gasteiger partial charge in [-0.05, 0) is 17.7 Å². The highest BCUT2D eigenvalue weighted by Gasteiger charge is 2.49. The molecule has 2 N–H and O–H groups in total. The number of likely N-dealkylation sites (tertiary alicyclic amines) is 2. The molecule has 0 radical (unpaired) electrons. The Morgan fingerprint density at radius 2 is 2.00 bits per heavy atom. The minimum absolute atomic E-state index is 0.00138. The molecular weight excluding hydrogens is 379 g/mol. The summed E-state index contributed by atoms with van der Waals surface area (Å²) in [5, 5.41) is 0. The molecule has 3 heterocycles. The molecule has 152 valence electrons. The molecule has 0 saturated carbocycles. The summed E-state index contributed by atoms with van der Waals surface area (Å²) in [5.74, 6) is -0.572. The normalized spacial score (nSPS) is 23.3. The van der Waals surface area contributed by atoms with Gasteiger partial charge in [-0.2, -0.15) is 0 Å². The molecule has 29 heavy (non-hydrogen) atoms. The summed E-state index contributed by atoms with van der Waals surface area (Å²) >= 11 is 0. The van der Waals surface area contributed by atoms with Crippen molar-refractivity contribution in [2.24, 2.45) is 11.8 Å². The fraction of sp³-hybridized carbons (Fsp3) is 0.400. The average Bonchev–Trinajstić information content (AvgIpc) is 3.22. The van der Waals surface area contributed by atoms with E-state index in [1.54, 1.807) is 21.9 Å². The first-order chi connectivity index (χ1) is 13.8. The number of amides is 2. The molecule has 8 nitrogen and oxygen atoms in total. The van der Waals surface area contributed by atoms with Gasteiger partial charge in [-0.1, -0.05) is 12.1 Å². The fourth-order valence-electron chi connectivity index (χ4n) is 4.53. The lowest BCUT2D eigenvalue weighted by atomic mass is 9.89. The van der Waals surface area contributed by atoms with E-state index in [-0.39, 0.29) is 47.5 Å². The summed E-state index contributed by atoms with van der Waals surface area (Å²) in [7, 11) is 0. The Bertz CT molecular complexity index is 1080. The van der Waals surface area contributed by atoms with E-state index in [4.69, 9.17) is 0 Å². The topological polar surface area (TPSA) is 106 Å². The summed E-state index contributed by atoms with van der Waals surface area (Å²) in [5.41, 5.74) is -0.288. The number of aromatic amines is 2. The van der Waals surface area contributed by atoms with Crippen molar-refractivity contribution in [2.75, 3.05) is 19.6 Å². The van der Waals surface area contributed by atoms with Crippen LogP contribution in [-0.4, -0.2) is 51.2 Å². The molecular formula is C20H21FN4O4. The van der Waals surface area contributed by atoms with Crippen molar-refractivity contribution in [2.45, 2.75) is 19.4 Å². The number of nitrogens with zero attached hydrogens (tertiary/aromatic N) is 2. The van der Waals surface area contributed by atoms with Gasteiger partial charge in [0.25, 0.3) is 5.56 Å². The molecule has 0 unspecified atom stereocenters. The molecule has 1 aromatic carbocycles. The molecule has 2 aromatic rings. The number of fused-ring (bicyclic) bond motifs is 1. The third-order valence-corrected chi connectivity index (χ3v) is 5.85. The molecule has 3 atom stereocenters. The van der Waals surface area contributed by atoms with E-state index in [0.29, 0.717) is 19.6 Å². The number of halogens is 1. The molecule has 0 spiro atoms. The fourth-order valence-corrected chi connectivity index (χ4v) is 4.53. The number of carbonyl (C=O) groups excluding carboxylic acids is 2. The van der Waals surface area contributed by atoms with Crippen molar-refractivity contribution >= 4 is 11.8 Å². The second-order valence-electron chi connectivity index (χ2n) is 7.67. The first kappa shape index (κ1) is 19.1. The number of carbonyl (C=O) groups is 2. The first-order valence-corrected chi connectivity index (χ1v) is 9.45. The minimum Gasteiger partial charge on any atom is -0.342 e. The van der Waals surface area contributed by atoms with Crippen LogP contribution in [0.3, 0.4) is 0 Å². The number of aromatic nitrogens is 2. The van der Waals surface area contributed by atoms with Crippen LogP contribution in [0, 0.1) is 17.7 Å². The van der Waals surface area contributed by atoms with Crippen LogP contribution in [0.2, 0.25) is 0 Å². The highest BCUT2D eigenvalue weighted by atomic mass is 19.1. The summed E-state index contributed by atoms with van der Waals surface area (Å²) in [6.07, 6.45) is 1.13. The van der Waals surface area contributed by atoms with Gasteiger partial charge in [-0.15, -0.1) is 0 Å². The predicted molar refractivity (Wildman–Crippen MR) is 101 cm³/mol. The van der Waals surface area contributed by atoms with Crippen molar-refractivity contribution in [3.8, 4) is 0 Å². The Morgan fingerprint density at radius 3 is 2.69 bits per heavy atom. The van der Waals surface area contributed by atoms with Crippen LogP contribution in [0.1, 0.15) is 24.1 Å². The lowest BCUT2D eigenvalue weighted by Crippen LogP contribution is -2.38. The van der Waals surface area contributed by atoms with Crippen molar-refractivity contribution in [1.82, 2.24) is 19.8 Å². The summed E-state index contributed by atoms with van der Waals surface area (Å²) < 4.78 is 13.8. The Kier molecular flexibility index (Phi) is 4.81. The van der Waals surface area contributed by atoms with Crippen LogP contribution in [0.4, 0.5) is 4.39 Å². The summed E-state index contributed by atoms with van der Waals surface area (Å²) in [4.78, 5) is 55.8. The van der Waals surface area contributed by atoms with Crippen molar-refractivity contribution < 1.29 is 14.0 Å². The monoisotopic (exact) mass is 400 g/mol. The van der Waals surface area contributed by atoms with Crippen LogP contribution in [0.25, 0.3) is 0 Å². The van der Waals surface area contributed by atoms with Crippen molar-refractivity contribution in [3.63, 3.8) is 0 Å². The van der Waals surface area contributed by atoms with Gasteiger partial charge in [-0.25, -0.2) is 9.18 Å². The van der Waals surface area contributed by atoms with Gasteiger partial charge >= 0.3 is 5.69 Å². The summed E-state index contributed by atoms with van der Waals surface area (Å²) in [6.45, 7) is 2.90. The molecule has 2 aliphatic heterocycles. The van der Waals surface area contributed by atoms with E-state index in [9.17, 15) is 23.6 Å². The maximum Gasteiger partial charge on any atom is 0.325 e. The first-order valence-electron chi connectivity index (χ1n) is 9.45. The average molecular weight is 400 g/mol. The van der Waals surface area contributed by atoms with E-state index in [1.807, 2.05) is 0 Å². The lowest BCUT2D eigenvalue weighted by Gasteiger charge is -2.29. The van der Waals surface area contributed by atoms with E-state index in [2.05, 4.69) is 9.97 Å². The van der Waals surface area contributed by atoms with Gasteiger partial charge in [0.1, 0.15) is 5.82 Å². The quantitative estimate of drug-likeness (QED) is 0.779.